The lowest BCUT2D eigenvalue weighted by Gasteiger charge is -2.29. The van der Waals surface area contributed by atoms with Crippen LogP contribution in [0.15, 0.2) is 109 Å². The topological polar surface area (TPSA) is 119 Å². The van der Waals surface area contributed by atoms with E-state index in [2.05, 4.69) is 25.8 Å². The monoisotopic (exact) mass is 954 g/mol. The second-order valence-electron chi connectivity index (χ2n) is 15.9. The van der Waals surface area contributed by atoms with E-state index >= 15 is 0 Å². The molecule has 18 heteroatoms. The number of rotatable bonds is 7. The van der Waals surface area contributed by atoms with Crippen LogP contribution in [-0.2, 0) is 0 Å². The first-order valence-electron chi connectivity index (χ1n) is 21.2. The quantitative estimate of drug-likeness (QED) is 0.0821. The highest BCUT2D eigenvalue weighted by molar-refractivity contribution is 6.39. The molecule has 0 bridgehead atoms. The Labute approximate surface area is 389 Å². The Morgan fingerprint density at radius 2 is 1.07 bits per heavy atom. The zero-order chi connectivity index (χ0) is 46.9. The lowest BCUT2D eigenvalue weighted by molar-refractivity contribution is -0.592. The second kappa shape index (κ2) is 19.2. The van der Waals surface area contributed by atoms with E-state index in [1.165, 1.54) is 36.5 Å². The smallest absolute Gasteiger partial charge is 0.256 e. The number of aromatic nitrogens is 4. The number of pyridine rings is 4. The minimum Gasteiger partial charge on any atom is -0.618 e. The van der Waals surface area contributed by atoms with Gasteiger partial charge in [-0.3, -0.25) is 0 Å². The number of nitrogens with one attached hydrogen (secondary N) is 3. The zero-order valence-corrected chi connectivity index (χ0v) is 36.7. The largest absolute Gasteiger partial charge is 0.618 e. The van der Waals surface area contributed by atoms with Gasteiger partial charge in [-0.15, -0.1) is 0 Å². The molecule has 0 aliphatic carbocycles. The maximum absolute atomic E-state index is 14.9. The third-order valence-corrected chi connectivity index (χ3v) is 12.4. The van der Waals surface area contributed by atoms with Crippen molar-refractivity contribution >= 4 is 56.6 Å². The lowest BCUT2D eigenvalue weighted by atomic mass is 9.98. The fourth-order valence-corrected chi connectivity index (χ4v) is 9.09. The molecule has 2 saturated heterocycles. The summed E-state index contributed by atoms with van der Waals surface area (Å²) in [5.74, 6) is -3.87. The highest BCUT2D eigenvalue weighted by atomic mass is 35.5. The van der Waals surface area contributed by atoms with Gasteiger partial charge in [-0.25, -0.2) is 36.3 Å². The molecule has 3 N–H and O–H groups in total. The number of hydrogen-bond acceptors (Lipinski definition) is 8. The molecule has 4 aromatic heterocycles. The molecular formula is C49H38Cl2F6N8O2. The van der Waals surface area contributed by atoms with Gasteiger partial charge in [-0.2, -0.15) is 9.46 Å². The first kappa shape index (κ1) is 45.4. The SMILES string of the molecule is [O-][n+]1ccc2c(-c3ccc(F)cc3F)cc(N3CCNCC3)nc2c1-c1c(Cl)cccc1Cl.[O-][n+]1ccc2c(-c3ccc(F)cc3F)cc(NC3CCNCC3)nc2c1-c1c(F)cccc1F. The fraction of sp³-hybridized carbons (Fsp3) is 0.184. The normalized spacial score (nSPS) is 14.3. The molecular weight excluding hydrogens is 917 g/mol. The Kier molecular flexibility index (Phi) is 13.1. The molecule has 4 aromatic carbocycles. The van der Waals surface area contributed by atoms with E-state index in [1.54, 1.807) is 36.4 Å². The maximum Gasteiger partial charge on any atom is 0.256 e. The van der Waals surface area contributed by atoms with Crippen LogP contribution in [0.3, 0.4) is 0 Å². The van der Waals surface area contributed by atoms with E-state index in [0.717, 1.165) is 75.5 Å². The van der Waals surface area contributed by atoms with E-state index in [9.17, 15) is 36.8 Å². The number of anilines is 2. The number of benzene rings is 4. The third-order valence-electron chi connectivity index (χ3n) is 11.7. The molecule has 10 nitrogen and oxygen atoms in total. The Morgan fingerprint density at radius 1 is 0.567 bits per heavy atom. The standard InChI is InChI=1S/C25H20F4N4O.C24H18Cl2F2N4O/c26-14-4-5-16(21(29)12-14)18-13-22(31-15-6-9-30-10-7-15)32-24-17(18)8-11-33(34)25(24)23-19(27)2-1-3-20(23)28;25-18-2-1-3-19(26)22(18)24-23-16(6-9-32(24)33)17(15-5-4-14(27)12-20(15)28)13-21(30-23)31-10-7-29-8-11-31/h1-5,8,11-13,15,30H,6-7,9-10H2,(H,31,32);1-6,9,12-13,29H,7-8,10-11H2. The minimum absolute atomic E-state index is 0.000778. The summed E-state index contributed by atoms with van der Waals surface area (Å²) in [6, 6.07) is 21.3. The number of fused-ring (bicyclic) bond motifs is 2. The van der Waals surface area contributed by atoms with Gasteiger partial charge in [-0.05, 0) is 97.7 Å². The summed E-state index contributed by atoms with van der Waals surface area (Å²) in [7, 11) is 0. The third kappa shape index (κ3) is 9.22. The van der Waals surface area contributed by atoms with Gasteiger partial charge in [-0.1, -0.05) is 35.3 Å². The van der Waals surface area contributed by atoms with Crippen molar-refractivity contribution in [2.24, 2.45) is 0 Å². The summed E-state index contributed by atoms with van der Waals surface area (Å²) in [6.45, 7) is 4.51. The van der Waals surface area contributed by atoms with E-state index in [0.29, 0.717) is 77.2 Å². The zero-order valence-electron chi connectivity index (χ0n) is 35.2. The molecule has 2 aliphatic rings. The summed E-state index contributed by atoms with van der Waals surface area (Å²) < 4.78 is 87.3. The van der Waals surface area contributed by atoms with Gasteiger partial charge in [0.05, 0.1) is 15.6 Å². The van der Waals surface area contributed by atoms with Gasteiger partial charge in [0.25, 0.3) is 11.4 Å². The summed E-state index contributed by atoms with van der Waals surface area (Å²) in [6.07, 6.45) is 4.03. The molecule has 0 spiro atoms. The number of nitrogens with zero attached hydrogens (tertiary/aromatic N) is 5. The van der Waals surface area contributed by atoms with Crippen molar-refractivity contribution in [2.45, 2.75) is 18.9 Å². The van der Waals surface area contributed by atoms with Crippen molar-refractivity contribution in [3.8, 4) is 44.8 Å². The first-order valence-corrected chi connectivity index (χ1v) is 22.0. The maximum atomic E-state index is 14.9. The van der Waals surface area contributed by atoms with Crippen LogP contribution in [0.4, 0.5) is 38.0 Å². The van der Waals surface area contributed by atoms with Crippen molar-refractivity contribution in [3.63, 3.8) is 0 Å². The van der Waals surface area contributed by atoms with Crippen LogP contribution in [0.5, 0.6) is 0 Å². The Balaban J connectivity index is 0.000000168. The van der Waals surface area contributed by atoms with Crippen LogP contribution in [-0.4, -0.2) is 55.3 Å². The second-order valence-corrected chi connectivity index (χ2v) is 16.7. The first-order chi connectivity index (χ1) is 32.4. The molecule has 67 heavy (non-hydrogen) atoms. The highest BCUT2D eigenvalue weighted by Gasteiger charge is 2.28. The predicted octanol–water partition coefficient (Wildman–Crippen LogP) is 10.1. The average molecular weight is 956 g/mol. The Morgan fingerprint density at radius 3 is 1.64 bits per heavy atom. The van der Waals surface area contributed by atoms with E-state index in [-0.39, 0.29) is 34.1 Å². The molecule has 0 amide bonds. The number of halogens is 8. The van der Waals surface area contributed by atoms with Crippen LogP contribution in [0.1, 0.15) is 12.8 Å². The summed E-state index contributed by atoms with van der Waals surface area (Å²) in [4.78, 5) is 11.4. The van der Waals surface area contributed by atoms with Crippen molar-refractivity contribution in [1.82, 2.24) is 20.6 Å². The van der Waals surface area contributed by atoms with Crippen LogP contribution >= 0.6 is 23.2 Å². The minimum atomic E-state index is -0.926. The van der Waals surface area contributed by atoms with Crippen LogP contribution < -0.4 is 30.3 Å². The van der Waals surface area contributed by atoms with E-state index < -0.39 is 40.5 Å². The average Bonchev–Trinajstić information content (AvgIpc) is 3.30. The molecule has 0 unspecified atom stereocenters. The summed E-state index contributed by atoms with van der Waals surface area (Å²) in [5.41, 5.74) is 1.09. The number of piperazine rings is 1. The molecule has 0 radical (unpaired) electrons. The lowest BCUT2D eigenvalue weighted by Crippen LogP contribution is -2.44. The molecule has 2 fully saturated rings. The van der Waals surface area contributed by atoms with Gasteiger partial charge in [0.1, 0.15) is 63.1 Å². The van der Waals surface area contributed by atoms with Crippen molar-refractivity contribution in [2.75, 3.05) is 49.5 Å². The van der Waals surface area contributed by atoms with E-state index in [1.807, 2.05) is 0 Å². The van der Waals surface area contributed by atoms with Gasteiger partial charge in [0, 0.05) is 78.4 Å². The molecule has 342 valence electrons. The molecule has 10 rings (SSSR count). The van der Waals surface area contributed by atoms with Crippen molar-refractivity contribution in [1.29, 1.82) is 0 Å². The Hall–Kier alpha value is -6.72. The van der Waals surface area contributed by atoms with Gasteiger partial charge < -0.3 is 31.3 Å². The fourth-order valence-electron chi connectivity index (χ4n) is 8.51. The van der Waals surface area contributed by atoms with Crippen LogP contribution in [0.25, 0.3) is 66.6 Å². The van der Waals surface area contributed by atoms with Gasteiger partial charge >= 0.3 is 0 Å². The molecule has 0 atom stereocenters. The predicted molar refractivity (Wildman–Crippen MR) is 248 cm³/mol. The molecule has 6 heterocycles. The molecule has 8 aromatic rings. The van der Waals surface area contributed by atoms with Crippen molar-refractivity contribution < 1.29 is 35.8 Å². The summed E-state index contributed by atoms with van der Waals surface area (Å²) in [5, 5.41) is 37.0. The van der Waals surface area contributed by atoms with Crippen LogP contribution in [0, 0.1) is 45.3 Å². The van der Waals surface area contributed by atoms with Crippen LogP contribution in [0.2, 0.25) is 10.0 Å². The van der Waals surface area contributed by atoms with Gasteiger partial charge in [0.15, 0.2) is 12.4 Å². The number of hydrogen-bond donors (Lipinski definition) is 3. The molecule has 2 aliphatic heterocycles. The molecule has 0 saturated carbocycles. The number of piperidine rings is 1. The van der Waals surface area contributed by atoms with E-state index in [4.69, 9.17) is 28.2 Å². The summed E-state index contributed by atoms with van der Waals surface area (Å²) >= 11 is 12.9. The van der Waals surface area contributed by atoms with Gasteiger partial charge in [0.2, 0.25) is 0 Å². The Bertz CT molecular complexity index is 3150. The highest BCUT2D eigenvalue weighted by Crippen LogP contribution is 2.41. The van der Waals surface area contributed by atoms with Crippen molar-refractivity contribution in [3.05, 3.63) is 165 Å².